The summed E-state index contributed by atoms with van der Waals surface area (Å²) in [5.74, 6) is -0.0771. The van der Waals surface area contributed by atoms with Crippen LogP contribution < -0.4 is 10.6 Å². The van der Waals surface area contributed by atoms with Crippen molar-refractivity contribution in [2.45, 2.75) is 24.7 Å². The molecule has 1 aliphatic rings. The third-order valence-corrected chi connectivity index (χ3v) is 5.10. The van der Waals surface area contributed by atoms with Gasteiger partial charge in [0.2, 0.25) is 0 Å². The van der Waals surface area contributed by atoms with Gasteiger partial charge >= 0.3 is 12.7 Å². The summed E-state index contributed by atoms with van der Waals surface area (Å²) < 4.78 is 21.0. The minimum atomic E-state index is -3.33. The smallest absolute Gasteiger partial charge is 0.324 e. The maximum Gasteiger partial charge on any atom is 0.324 e. The van der Waals surface area contributed by atoms with Gasteiger partial charge in [0, 0.05) is 34.3 Å². The zero-order valence-electron chi connectivity index (χ0n) is 12.6. The SMILES string of the molecule is CNC(=O)N[C@@H]1C[C@H](COC)C(OP(O)(=S)OC)[C@@H]1OC. The van der Waals surface area contributed by atoms with E-state index in [1.807, 2.05) is 0 Å². The zero-order chi connectivity index (χ0) is 16.0. The number of rotatable bonds is 7. The third-order valence-electron chi connectivity index (χ3n) is 3.42. The maximum absolute atomic E-state index is 11.5. The topological polar surface area (TPSA) is 98.3 Å². The van der Waals surface area contributed by atoms with Crippen LogP contribution in [0.15, 0.2) is 0 Å². The van der Waals surface area contributed by atoms with Crippen LogP contribution in [0.4, 0.5) is 4.79 Å². The van der Waals surface area contributed by atoms with Crippen molar-refractivity contribution in [3.63, 3.8) is 0 Å². The molecule has 2 unspecified atom stereocenters. The Morgan fingerprint density at radius 3 is 2.52 bits per heavy atom. The molecule has 1 rings (SSSR count). The molecule has 0 aromatic rings. The summed E-state index contributed by atoms with van der Waals surface area (Å²) >= 11 is 4.89. The molecule has 1 aliphatic carbocycles. The van der Waals surface area contributed by atoms with E-state index in [1.165, 1.54) is 21.3 Å². The second kappa shape index (κ2) is 8.38. The summed E-state index contributed by atoms with van der Waals surface area (Å²) in [6.45, 7) is -2.93. The van der Waals surface area contributed by atoms with E-state index < -0.39 is 18.9 Å². The number of urea groups is 1. The van der Waals surface area contributed by atoms with E-state index in [0.29, 0.717) is 13.0 Å². The Hall–Kier alpha value is -0.280. The lowest BCUT2D eigenvalue weighted by Crippen LogP contribution is -2.47. The van der Waals surface area contributed by atoms with Crippen LogP contribution in [0, 0.1) is 5.92 Å². The second-order valence-corrected chi connectivity index (χ2v) is 7.60. The molecule has 1 saturated carbocycles. The lowest BCUT2D eigenvalue weighted by Gasteiger charge is -2.28. The second-order valence-electron chi connectivity index (χ2n) is 4.70. The molecule has 0 aromatic carbocycles. The molecular weight excluding hydrogens is 319 g/mol. The molecule has 124 valence electrons. The van der Waals surface area contributed by atoms with Gasteiger partial charge in [-0.25, -0.2) is 4.79 Å². The minimum absolute atomic E-state index is 0.0771. The first kappa shape index (κ1) is 18.8. The normalized spacial score (nSPS) is 31.7. The van der Waals surface area contributed by atoms with E-state index in [9.17, 15) is 9.69 Å². The number of carbonyl (C=O) groups excluding carboxylic acids is 1. The van der Waals surface area contributed by atoms with Crippen molar-refractivity contribution in [2.24, 2.45) is 5.92 Å². The molecule has 21 heavy (non-hydrogen) atoms. The average molecular weight is 342 g/mol. The van der Waals surface area contributed by atoms with Gasteiger partial charge in [0.15, 0.2) is 0 Å². The predicted molar refractivity (Wildman–Crippen MR) is 80.5 cm³/mol. The van der Waals surface area contributed by atoms with Crippen molar-refractivity contribution in [1.82, 2.24) is 10.6 Å². The van der Waals surface area contributed by atoms with Gasteiger partial charge in [-0.2, -0.15) is 0 Å². The number of amides is 2. The average Bonchev–Trinajstić information content (AvgIpc) is 2.75. The van der Waals surface area contributed by atoms with Crippen molar-refractivity contribution < 1.29 is 28.2 Å². The maximum atomic E-state index is 11.5. The summed E-state index contributed by atoms with van der Waals surface area (Å²) in [5.41, 5.74) is 0. The van der Waals surface area contributed by atoms with E-state index in [0.717, 1.165) is 0 Å². The van der Waals surface area contributed by atoms with Crippen LogP contribution >= 0.6 is 6.72 Å². The molecule has 2 amide bonds. The van der Waals surface area contributed by atoms with Gasteiger partial charge in [-0.15, -0.1) is 0 Å². The molecular formula is C11H23N2O6PS. The Labute approximate surface area is 129 Å². The van der Waals surface area contributed by atoms with Crippen LogP contribution in [0.5, 0.6) is 0 Å². The van der Waals surface area contributed by atoms with Crippen LogP contribution in [0.25, 0.3) is 0 Å². The molecule has 0 saturated heterocycles. The lowest BCUT2D eigenvalue weighted by atomic mass is 10.1. The van der Waals surface area contributed by atoms with Gasteiger partial charge in [0.1, 0.15) is 12.2 Å². The number of carbonyl (C=O) groups is 1. The first-order valence-corrected chi connectivity index (χ1v) is 9.04. The number of methoxy groups -OCH3 is 2. The van der Waals surface area contributed by atoms with E-state index in [-0.39, 0.29) is 18.0 Å². The highest BCUT2D eigenvalue weighted by atomic mass is 32.5. The Bertz CT molecular complexity index is 399. The Morgan fingerprint density at radius 1 is 1.38 bits per heavy atom. The highest BCUT2D eigenvalue weighted by Crippen LogP contribution is 2.48. The van der Waals surface area contributed by atoms with Crippen molar-refractivity contribution >= 4 is 24.6 Å². The fourth-order valence-corrected chi connectivity index (χ4v) is 3.48. The van der Waals surface area contributed by atoms with E-state index in [1.54, 1.807) is 7.11 Å². The van der Waals surface area contributed by atoms with Crippen LogP contribution in [0.2, 0.25) is 0 Å². The summed E-state index contributed by atoms with van der Waals surface area (Å²) in [6, 6.07) is -0.582. The molecule has 0 bridgehead atoms. The molecule has 3 N–H and O–H groups in total. The van der Waals surface area contributed by atoms with Crippen LogP contribution in [-0.4, -0.2) is 64.2 Å². The first-order chi connectivity index (χ1) is 9.88. The third kappa shape index (κ3) is 5.14. The molecule has 8 nitrogen and oxygen atoms in total. The molecule has 0 radical (unpaired) electrons. The fourth-order valence-electron chi connectivity index (χ4n) is 2.49. The zero-order valence-corrected chi connectivity index (χ0v) is 14.3. The number of hydrogen-bond acceptors (Lipinski definition) is 6. The highest BCUT2D eigenvalue weighted by molar-refractivity contribution is 8.07. The van der Waals surface area contributed by atoms with Crippen molar-refractivity contribution in [3.8, 4) is 0 Å². The highest BCUT2D eigenvalue weighted by Gasteiger charge is 2.47. The first-order valence-electron chi connectivity index (χ1n) is 6.45. The number of nitrogens with one attached hydrogen (secondary N) is 2. The molecule has 0 spiro atoms. The summed E-state index contributed by atoms with van der Waals surface area (Å²) in [7, 11) is 5.92. The monoisotopic (exact) mass is 342 g/mol. The van der Waals surface area contributed by atoms with Crippen LogP contribution in [0.1, 0.15) is 6.42 Å². The van der Waals surface area contributed by atoms with Gasteiger partial charge in [0.25, 0.3) is 0 Å². The lowest BCUT2D eigenvalue weighted by molar-refractivity contribution is -0.0211. The van der Waals surface area contributed by atoms with Gasteiger partial charge in [-0.3, -0.25) is 0 Å². The van der Waals surface area contributed by atoms with E-state index in [4.69, 9.17) is 30.3 Å². The summed E-state index contributed by atoms with van der Waals surface area (Å²) in [5, 5.41) is 5.29. The Balaban J connectivity index is 2.88. The summed E-state index contributed by atoms with van der Waals surface area (Å²) in [4.78, 5) is 21.4. The van der Waals surface area contributed by atoms with E-state index >= 15 is 0 Å². The molecule has 0 heterocycles. The standard InChI is InChI=1S/C11H23N2O6PS/c1-12-11(14)13-8-5-7(6-16-2)9(10(8)17-3)19-20(15,21)18-4/h7-10H,5-6H2,1-4H3,(H,15,21)(H2,12,13,14)/t7-,8-,9?,10-,20?/m1/s1. The van der Waals surface area contributed by atoms with Gasteiger partial charge in [-0.05, 0) is 18.2 Å². The van der Waals surface area contributed by atoms with Crippen molar-refractivity contribution in [1.29, 1.82) is 0 Å². The van der Waals surface area contributed by atoms with Gasteiger partial charge < -0.3 is 34.0 Å². The van der Waals surface area contributed by atoms with Crippen molar-refractivity contribution in [2.75, 3.05) is 35.0 Å². The van der Waals surface area contributed by atoms with Crippen LogP contribution in [-0.2, 0) is 30.3 Å². The predicted octanol–water partition coefficient (Wildman–Crippen LogP) is 0.214. The molecule has 5 atom stereocenters. The Kier molecular flexibility index (Phi) is 7.49. The summed E-state index contributed by atoms with van der Waals surface area (Å²) in [6.07, 6.45) is -0.385. The van der Waals surface area contributed by atoms with Gasteiger partial charge in [0.05, 0.1) is 12.6 Å². The quantitative estimate of drug-likeness (QED) is 0.569. The molecule has 1 fully saturated rings. The fraction of sp³-hybridized carbons (Fsp3) is 0.909. The van der Waals surface area contributed by atoms with Crippen molar-refractivity contribution in [3.05, 3.63) is 0 Å². The van der Waals surface area contributed by atoms with E-state index in [2.05, 4.69) is 10.6 Å². The number of hydrogen-bond donors (Lipinski definition) is 3. The minimum Gasteiger partial charge on any atom is -0.384 e. The Morgan fingerprint density at radius 2 is 2.05 bits per heavy atom. The molecule has 10 heteroatoms. The largest absolute Gasteiger partial charge is 0.384 e. The van der Waals surface area contributed by atoms with Crippen LogP contribution in [0.3, 0.4) is 0 Å². The molecule has 0 aliphatic heterocycles. The molecule has 0 aromatic heterocycles. The number of ether oxygens (including phenoxy) is 2. The van der Waals surface area contributed by atoms with Gasteiger partial charge in [-0.1, -0.05) is 0 Å².